The Bertz CT molecular complexity index is 1400. The number of primary sulfonamides is 1. The van der Waals surface area contributed by atoms with E-state index in [1.54, 1.807) is 17.0 Å². The number of anilines is 1. The Morgan fingerprint density at radius 1 is 1.02 bits per heavy atom. The monoisotopic (exact) mass is 608 g/mol. The van der Waals surface area contributed by atoms with E-state index in [4.69, 9.17) is 9.88 Å². The van der Waals surface area contributed by atoms with Crippen molar-refractivity contribution < 1.29 is 26.7 Å². The second-order valence-corrected chi connectivity index (χ2v) is 11.4. The van der Waals surface area contributed by atoms with Crippen molar-refractivity contribution in [3.63, 3.8) is 0 Å². The smallest absolute Gasteiger partial charge is 0.322 e. The summed E-state index contributed by atoms with van der Waals surface area (Å²) in [6.45, 7) is 4.99. The number of amides is 2. The van der Waals surface area contributed by atoms with Crippen LogP contribution in [0.25, 0.3) is 0 Å². The number of unbranched alkanes of at least 4 members (excludes halogenated alkanes) is 1. The number of urea groups is 1. The average molecular weight is 609 g/mol. The van der Waals surface area contributed by atoms with E-state index in [0.717, 1.165) is 63.0 Å². The number of halogens is 3. The highest BCUT2D eigenvalue weighted by Crippen LogP contribution is 2.25. The van der Waals surface area contributed by atoms with Crippen LogP contribution in [0, 0.1) is 11.6 Å². The maximum atomic E-state index is 14.1. The average Bonchev–Trinajstić information content (AvgIpc) is 2.92. The van der Waals surface area contributed by atoms with E-state index in [9.17, 15) is 22.0 Å². The number of likely N-dealkylation sites (tertiary alicyclic amines) is 1. The molecule has 0 atom stereocenters. The number of hydrogen-bond donors (Lipinski definition) is 2. The van der Waals surface area contributed by atoms with Crippen LogP contribution in [0.1, 0.15) is 38.2 Å². The number of nitrogens with one attached hydrogen (secondary N) is 1. The second-order valence-electron chi connectivity index (χ2n) is 9.87. The number of sulfonamides is 1. The zero-order valence-corrected chi connectivity index (χ0v) is 24.4. The van der Waals surface area contributed by atoms with Gasteiger partial charge in [-0.3, -0.25) is 4.90 Å². The second kappa shape index (κ2) is 14.6. The van der Waals surface area contributed by atoms with Gasteiger partial charge in [-0.05, 0) is 73.4 Å². The fraction of sp³-hybridized carbons (Fsp3) is 0.345. The first-order chi connectivity index (χ1) is 19.1. The third kappa shape index (κ3) is 9.12. The van der Waals surface area contributed by atoms with E-state index < -0.39 is 21.7 Å². The van der Waals surface area contributed by atoms with Crippen LogP contribution in [0.2, 0.25) is 0 Å². The molecule has 0 bridgehead atoms. The van der Waals surface area contributed by atoms with Gasteiger partial charge in [-0.2, -0.15) is 0 Å². The zero-order valence-electron chi connectivity index (χ0n) is 22.8. The van der Waals surface area contributed by atoms with Gasteiger partial charge in [-0.1, -0.05) is 25.5 Å². The van der Waals surface area contributed by atoms with Crippen molar-refractivity contribution >= 4 is 34.1 Å². The first-order valence-electron chi connectivity index (χ1n) is 13.3. The molecule has 1 fully saturated rings. The van der Waals surface area contributed by atoms with Crippen LogP contribution in [0.15, 0.2) is 71.6 Å². The third-order valence-corrected chi connectivity index (χ3v) is 7.83. The molecule has 0 unspecified atom stereocenters. The summed E-state index contributed by atoms with van der Waals surface area (Å²) in [6.07, 6.45) is 3.34. The minimum absolute atomic E-state index is 0. The van der Waals surface area contributed by atoms with Crippen LogP contribution in [-0.2, 0) is 16.6 Å². The number of piperidine rings is 1. The predicted molar refractivity (Wildman–Crippen MR) is 157 cm³/mol. The van der Waals surface area contributed by atoms with E-state index >= 15 is 0 Å². The molecule has 2 amide bonds. The lowest BCUT2D eigenvalue weighted by atomic mass is 10.0. The van der Waals surface area contributed by atoms with Gasteiger partial charge in [0.05, 0.1) is 10.6 Å². The van der Waals surface area contributed by atoms with Gasteiger partial charge in [0.2, 0.25) is 10.0 Å². The lowest BCUT2D eigenvalue weighted by Crippen LogP contribution is -2.49. The van der Waals surface area contributed by atoms with Crippen molar-refractivity contribution in [2.45, 2.75) is 50.1 Å². The molecular weight excluding hydrogens is 574 g/mol. The Labute approximate surface area is 245 Å². The predicted octanol–water partition coefficient (Wildman–Crippen LogP) is 6.12. The molecule has 222 valence electrons. The lowest BCUT2D eigenvalue weighted by molar-refractivity contribution is 0.122. The van der Waals surface area contributed by atoms with Crippen LogP contribution in [0.3, 0.4) is 0 Å². The molecule has 3 aromatic carbocycles. The molecule has 0 aliphatic carbocycles. The molecule has 0 spiro atoms. The minimum atomic E-state index is -3.75. The maximum Gasteiger partial charge on any atom is 0.322 e. The van der Waals surface area contributed by atoms with Gasteiger partial charge >= 0.3 is 6.03 Å². The van der Waals surface area contributed by atoms with Gasteiger partial charge < -0.3 is 15.0 Å². The molecule has 0 aromatic heterocycles. The summed E-state index contributed by atoms with van der Waals surface area (Å²) >= 11 is 0. The molecule has 3 aromatic rings. The number of nitrogens with two attached hydrogens (primary N) is 1. The van der Waals surface area contributed by atoms with Crippen molar-refractivity contribution in [2.75, 3.05) is 25.0 Å². The van der Waals surface area contributed by atoms with E-state index in [0.29, 0.717) is 18.0 Å². The molecule has 8 nitrogen and oxygen atoms in total. The molecule has 1 aliphatic heterocycles. The largest absolute Gasteiger partial charge is 0.457 e. The van der Waals surface area contributed by atoms with E-state index in [-0.39, 0.29) is 35.1 Å². The van der Waals surface area contributed by atoms with E-state index in [1.165, 1.54) is 18.2 Å². The highest BCUT2D eigenvalue weighted by Gasteiger charge is 2.28. The fourth-order valence-corrected chi connectivity index (χ4v) is 5.22. The summed E-state index contributed by atoms with van der Waals surface area (Å²) in [5.74, 6) is -0.359. The fourth-order valence-electron chi connectivity index (χ4n) is 4.70. The van der Waals surface area contributed by atoms with Crippen molar-refractivity contribution in [2.24, 2.45) is 5.14 Å². The summed E-state index contributed by atoms with van der Waals surface area (Å²) in [5.41, 5.74) is 1.08. The van der Waals surface area contributed by atoms with Gasteiger partial charge in [0.15, 0.2) is 0 Å². The summed E-state index contributed by atoms with van der Waals surface area (Å²) in [7, 11) is -3.75. The first kappa shape index (κ1) is 32.3. The van der Waals surface area contributed by atoms with Crippen LogP contribution in [0.4, 0.5) is 19.3 Å². The Balaban J connectivity index is 0.00000462. The first-order valence-corrected chi connectivity index (χ1v) is 14.8. The van der Waals surface area contributed by atoms with Gasteiger partial charge in [0.25, 0.3) is 0 Å². The quantitative estimate of drug-likeness (QED) is 0.288. The van der Waals surface area contributed by atoms with Crippen LogP contribution in [0.5, 0.6) is 11.5 Å². The van der Waals surface area contributed by atoms with Gasteiger partial charge in [0.1, 0.15) is 23.1 Å². The number of carbonyl (C=O) groups is 1. The number of hydrogen-bond acceptors (Lipinski definition) is 5. The number of ether oxygens (including phenoxy) is 1. The third-order valence-electron chi connectivity index (χ3n) is 6.90. The number of benzene rings is 3. The summed E-state index contributed by atoms with van der Waals surface area (Å²) in [5, 5.41) is 7.74. The van der Waals surface area contributed by atoms with E-state index in [1.807, 2.05) is 24.3 Å². The molecular formula is C29H35ClF2N4O4S. The molecule has 1 saturated heterocycles. The molecule has 3 N–H and O–H groups in total. The van der Waals surface area contributed by atoms with Crippen molar-refractivity contribution in [1.82, 2.24) is 9.80 Å². The number of nitrogens with zero attached hydrogens (tertiary/aromatic N) is 2. The Morgan fingerprint density at radius 3 is 2.20 bits per heavy atom. The van der Waals surface area contributed by atoms with Gasteiger partial charge in [-0.25, -0.2) is 27.1 Å². The molecule has 1 aliphatic rings. The Morgan fingerprint density at radius 2 is 1.63 bits per heavy atom. The summed E-state index contributed by atoms with van der Waals surface area (Å²) in [4.78, 5) is 17.2. The van der Waals surface area contributed by atoms with Gasteiger partial charge in [-0.15, -0.1) is 12.4 Å². The minimum Gasteiger partial charge on any atom is -0.457 e. The number of carbonyl (C=O) groups excluding carboxylic acids is 1. The topological polar surface area (TPSA) is 105 Å². The highest BCUT2D eigenvalue weighted by atomic mass is 35.5. The normalized spacial score (nSPS) is 14.2. The molecule has 41 heavy (non-hydrogen) atoms. The standard InChI is InChI=1S/C29H34F2N4O4S.ClH/c1-2-3-16-35(29(36)33-28-13-6-22(30)19-27(28)31)23-14-17-34(18-15-23)20-21-4-7-24(8-5-21)39-25-9-11-26(12-10-25)40(32,37)38;/h4-13,19,23H,2-3,14-18,20H2,1H3,(H,33,36)(H2,32,37,38);1H. The zero-order chi connectivity index (χ0) is 28.7. The van der Waals surface area contributed by atoms with Crippen molar-refractivity contribution in [1.29, 1.82) is 0 Å². The lowest BCUT2D eigenvalue weighted by Gasteiger charge is -2.38. The van der Waals surface area contributed by atoms with Crippen LogP contribution < -0.4 is 15.2 Å². The molecule has 4 rings (SSSR count). The molecule has 0 saturated carbocycles. The maximum absolute atomic E-state index is 14.1. The Kier molecular flexibility index (Phi) is 11.5. The number of rotatable bonds is 10. The SMILES string of the molecule is CCCCN(C(=O)Nc1ccc(F)cc1F)C1CCN(Cc2ccc(Oc3ccc(S(N)(=O)=O)cc3)cc2)CC1.Cl. The van der Waals surface area contributed by atoms with Crippen LogP contribution >= 0.6 is 12.4 Å². The highest BCUT2D eigenvalue weighted by molar-refractivity contribution is 7.89. The summed E-state index contributed by atoms with van der Waals surface area (Å²) in [6, 6.07) is 16.4. The molecule has 1 heterocycles. The van der Waals surface area contributed by atoms with E-state index in [2.05, 4.69) is 17.1 Å². The Hall–Kier alpha value is -3.25. The van der Waals surface area contributed by atoms with Gasteiger partial charge in [0, 0.05) is 38.3 Å². The molecule has 0 radical (unpaired) electrons. The van der Waals surface area contributed by atoms with Crippen molar-refractivity contribution in [3.8, 4) is 11.5 Å². The summed E-state index contributed by atoms with van der Waals surface area (Å²) < 4.78 is 56.0. The van der Waals surface area contributed by atoms with Crippen molar-refractivity contribution in [3.05, 3.63) is 83.9 Å². The van der Waals surface area contributed by atoms with Crippen LogP contribution in [-0.4, -0.2) is 49.9 Å². The molecule has 12 heteroatoms.